The molecule has 7 heteroatoms. The van der Waals surface area contributed by atoms with E-state index in [0.717, 1.165) is 52.4 Å². The molecule has 0 aromatic heterocycles. The van der Waals surface area contributed by atoms with Crippen LogP contribution in [-0.4, -0.2) is 65.4 Å². The fraction of sp³-hybridized carbons (Fsp3) is 1.00. The van der Waals surface area contributed by atoms with E-state index in [1.54, 1.807) is 0 Å². The van der Waals surface area contributed by atoms with Crippen molar-refractivity contribution < 1.29 is 30.1 Å². The maximum atomic E-state index is 3.42. The first kappa shape index (κ1) is 19.7. The lowest BCUT2D eigenvalue weighted by Gasteiger charge is -2.06. The van der Waals surface area contributed by atoms with Gasteiger partial charge in [0.15, 0.2) is 0 Å². The van der Waals surface area contributed by atoms with Gasteiger partial charge in [-0.25, -0.2) is 0 Å². The number of quaternary nitrogens is 1. The Balaban J connectivity index is 0. The SMILES string of the molecule is C1CNCCNCC[NH2+]CCNCCN1.[Cl-].[Cl-]. The van der Waals surface area contributed by atoms with Gasteiger partial charge in [0.1, 0.15) is 0 Å². The Kier molecular flexibility index (Phi) is 19.0. The van der Waals surface area contributed by atoms with Gasteiger partial charge < -0.3 is 51.4 Å². The third-order valence-corrected chi connectivity index (χ3v) is 2.49. The Labute approximate surface area is 117 Å². The van der Waals surface area contributed by atoms with Crippen molar-refractivity contribution in [1.82, 2.24) is 21.3 Å². The van der Waals surface area contributed by atoms with Crippen LogP contribution < -0.4 is 51.4 Å². The van der Waals surface area contributed by atoms with Crippen LogP contribution in [0.25, 0.3) is 0 Å². The second-order valence-corrected chi connectivity index (χ2v) is 3.87. The number of nitrogens with two attached hydrogens (primary N) is 1. The molecule has 0 amide bonds. The molecule has 106 valence electrons. The van der Waals surface area contributed by atoms with Crippen LogP contribution >= 0.6 is 0 Å². The predicted octanol–water partition coefficient (Wildman–Crippen LogP) is -9.07. The quantitative estimate of drug-likeness (QED) is 0.307. The van der Waals surface area contributed by atoms with Gasteiger partial charge in [0.05, 0.1) is 13.1 Å². The molecular formula is C10H26Cl2N5-. The molecule has 5 nitrogen and oxygen atoms in total. The van der Waals surface area contributed by atoms with E-state index < -0.39 is 0 Å². The first-order valence-corrected chi connectivity index (χ1v) is 6.14. The van der Waals surface area contributed by atoms with Gasteiger partial charge in [-0.15, -0.1) is 0 Å². The van der Waals surface area contributed by atoms with E-state index in [2.05, 4.69) is 26.6 Å². The van der Waals surface area contributed by atoms with Gasteiger partial charge in [-0.1, -0.05) is 0 Å². The van der Waals surface area contributed by atoms with Gasteiger partial charge >= 0.3 is 0 Å². The summed E-state index contributed by atoms with van der Waals surface area (Å²) in [4.78, 5) is 0. The van der Waals surface area contributed by atoms with Crippen LogP contribution in [0.15, 0.2) is 0 Å². The number of hydrogen-bond donors (Lipinski definition) is 5. The highest BCUT2D eigenvalue weighted by atomic mass is 35.5. The fourth-order valence-electron chi connectivity index (χ4n) is 1.58. The normalized spacial score (nSPS) is 21.2. The lowest BCUT2D eigenvalue weighted by molar-refractivity contribution is -0.651. The fourth-order valence-corrected chi connectivity index (χ4v) is 1.58. The van der Waals surface area contributed by atoms with Crippen LogP contribution in [0.5, 0.6) is 0 Å². The minimum absolute atomic E-state index is 0. The summed E-state index contributed by atoms with van der Waals surface area (Å²) < 4.78 is 0. The Bertz CT molecular complexity index is 81.3. The highest BCUT2D eigenvalue weighted by Crippen LogP contribution is 1.63. The van der Waals surface area contributed by atoms with Crippen LogP contribution in [0.4, 0.5) is 0 Å². The molecule has 1 fully saturated rings. The van der Waals surface area contributed by atoms with E-state index in [4.69, 9.17) is 0 Å². The molecule has 1 aliphatic rings. The smallest absolute Gasteiger partial charge is 0.0882 e. The first-order valence-electron chi connectivity index (χ1n) is 6.14. The number of nitrogens with one attached hydrogen (secondary N) is 4. The minimum Gasteiger partial charge on any atom is -1.00 e. The lowest BCUT2D eigenvalue weighted by atomic mass is 10.5. The molecule has 0 unspecified atom stereocenters. The van der Waals surface area contributed by atoms with E-state index in [0.29, 0.717) is 0 Å². The average Bonchev–Trinajstić information content (AvgIpc) is 2.27. The summed E-state index contributed by atoms with van der Waals surface area (Å²) in [6.45, 7) is 11.0. The Morgan fingerprint density at radius 3 is 1.12 bits per heavy atom. The van der Waals surface area contributed by atoms with Gasteiger partial charge in [-0.3, -0.25) is 0 Å². The topological polar surface area (TPSA) is 64.7 Å². The van der Waals surface area contributed by atoms with Crippen molar-refractivity contribution in [1.29, 1.82) is 0 Å². The molecule has 0 aromatic rings. The number of rotatable bonds is 0. The Hall–Kier alpha value is 0.380. The van der Waals surface area contributed by atoms with Crippen molar-refractivity contribution in [3.8, 4) is 0 Å². The maximum absolute atomic E-state index is 3.42. The standard InChI is InChI=1S/C10H25N5.2ClH/c1-2-12-5-6-14-9-10-15-8-7-13-4-3-11-1;;/h11-15H,1-10H2;2*1H/p-1. The highest BCUT2D eigenvalue weighted by molar-refractivity contribution is 4.56. The van der Waals surface area contributed by atoms with Crippen molar-refractivity contribution >= 4 is 0 Å². The highest BCUT2D eigenvalue weighted by Gasteiger charge is 1.94. The van der Waals surface area contributed by atoms with Crippen LogP contribution in [0.3, 0.4) is 0 Å². The van der Waals surface area contributed by atoms with E-state index in [1.165, 1.54) is 13.1 Å². The number of halogens is 2. The van der Waals surface area contributed by atoms with Gasteiger partial charge in [0, 0.05) is 52.4 Å². The molecule has 0 atom stereocenters. The van der Waals surface area contributed by atoms with Crippen molar-refractivity contribution in [2.24, 2.45) is 0 Å². The van der Waals surface area contributed by atoms with Gasteiger partial charge in [-0.05, 0) is 0 Å². The van der Waals surface area contributed by atoms with E-state index in [9.17, 15) is 0 Å². The monoisotopic (exact) mass is 286 g/mol. The summed E-state index contributed by atoms with van der Waals surface area (Å²) >= 11 is 0. The molecule has 1 saturated heterocycles. The van der Waals surface area contributed by atoms with Crippen LogP contribution in [0.2, 0.25) is 0 Å². The second-order valence-electron chi connectivity index (χ2n) is 3.87. The molecule has 0 aliphatic carbocycles. The summed E-state index contributed by atoms with van der Waals surface area (Å²) in [6.07, 6.45) is 0. The summed E-state index contributed by atoms with van der Waals surface area (Å²) in [5.74, 6) is 0. The largest absolute Gasteiger partial charge is 1.00 e. The van der Waals surface area contributed by atoms with Crippen molar-refractivity contribution in [2.45, 2.75) is 0 Å². The van der Waals surface area contributed by atoms with Gasteiger partial charge in [0.2, 0.25) is 0 Å². The van der Waals surface area contributed by atoms with Crippen molar-refractivity contribution in [3.05, 3.63) is 0 Å². The maximum Gasteiger partial charge on any atom is 0.0882 e. The number of hydrogen-bond acceptors (Lipinski definition) is 4. The lowest BCUT2D eigenvalue weighted by Crippen LogP contribution is -3.00. The second kappa shape index (κ2) is 16.4. The molecule has 0 aromatic carbocycles. The predicted molar refractivity (Wildman–Crippen MR) is 63.1 cm³/mol. The zero-order chi connectivity index (χ0) is 10.6. The Morgan fingerprint density at radius 1 is 0.471 bits per heavy atom. The van der Waals surface area contributed by atoms with Crippen LogP contribution in [0.1, 0.15) is 0 Å². The third kappa shape index (κ3) is 14.3. The van der Waals surface area contributed by atoms with E-state index in [1.807, 2.05) is 0 Å². The molecule has 17 heavy (non-hydrogen) atoms. The minimum atomic E-state index is 0. The molecule has 1 aliphatic heterocycles. The molecule has 0 spiro atoms. The van der Waals surface area contributed by atoms with Gasteiger partial charge in [-0.2, -0.15) is 0 Å². The van der Waals surface area contributed by atoms with Gasteiger partial charge in [0.25, 0.3) is 0 Å². The average molecular weight is 287 g/mol. The zero-order valence-electron chi connectivity index (χ0n) is 10.4. The summed E-state index contributed by atoms with van der Waals surface area (Å²) in [5.41, 5.74) is 0. The zero-order valence-corrected chi connectivity index (χ0v) is 11.9. The molecule has 1 rings (SSSR count). The third-order valence-electron chi connectivity index (χ3n) is 2.49. The van der Waals surface area contributed by atoms with E-state index >= 15 is 0 Å². The van der Waals surface area contributed by atoms with Crippen LogP contribution in [-0.2, 0) is 0 Å². The van der Waals surface area contributed by atoms with Crippen LogP contribution in [0, 0.1) is 0 Å². The molecule has 1 heterocycles. The molecule has 0 radical (unpaired) electrons. The summed E-state index contributed by atoms with van der Waals surface area (Å²) in [5, 5.41) is 16.0. The molecule has 0 bridgehead atoms. The molecular weight excluding hydrogens is 261 g/mol. The van der Waals surface area contributed by atoms with Crippen molar-refractivity contribution in [2.75, 3.05) is 65.4 Å². The Morgan fingerprint density at radius 2 is 0.765 bits per heavy atom. The first-order chi connectivity index (χ1) is 7.50. The summed E-state index contributed by atoms with van der Waals surface area (Å²) in [7, 11) is 0. The van der Waals surface area contributed by atoms with Crippen molar-refractivity contribution in [3.63, 3.8) is 0 Å². The molecule has 0 saturated carbocycles. The van der Waals surface area contributed by atoms with E-state index in [-0.39, 0.29) is 24.8 Å². The summed E-state index contributed by atoms with van der Waals surface area (Å²) in [6, 6.07) is 0. The molecule has 6 N–H and O–H groups in total.